The Balaban J connectivity index is 1.77. The molecule has 2 unspecified atom stereocenters. The van der Waals surface area contributed by atoms with Crippen molar-refractivity contribution in [3.05, 3.63) is 29.8 Å². The van der Waals surface area contributed by atoms with Crippen molar-refractivity contribution < 1.29 is 9.90 Å². The highest BCUT2D eigenvalue weighted by Crippen LogP contribution is 2.19. The van der Waals surface area contributed by atoms with Crippen LogP contribution in [0.1, 0.15) is 37.8 Å². The summed E-state index contributed by atoms with van der Waals surface area (Å²) in [7, 11) is 0. The highest BCUT2D eigenvalue weighted by molar-refractivity contribution is 5.76. The lowest BCUT2D eigenvalue weighted by molar-refractivity contribution is -0.122. The van der Waals surface area contributed by atoms with Crippen molar-refractivity contribution in [1.82, 2.24) is 10.6 Å². The smallest absolute Gasteiger partial charge is 0.220 e. The topological polar surface area (TPSA) is 61.4 Å². The van der Waals surface area contributed by atoms with Crippen LogP contribution in [0.15, 0.2) is 24.3 Å². The molecule has 1 fully saturated rings. The van der Waals surface area contributed by atoms with Gasteiger partial charge in [0.1, 0.15) is 5.75 Å². The molecule has 0 saturated carbocycles. The molecule has 1 aliphatic heterocycles. The minimum absolute atomic E-state index is 0.0682. The van der Waals surface area contributed by atoms with E-state index in [1.165, 1.54) is 6.42 Å². The first-order chi connectivity index (χ1) is 9.15. The number of amides is 1. The average Bonchev–Trinajstić information content (AvgIpc) is 2.89. The molecule has 1 aliphatic rings. The summed E-state index contributed by atoms with van der Waals surface area (Å²) in [6, 6.07) is 6.95. The van der Waals surface area contributed by atoms with Crippen molar-refractivity contribution in [2.24, 2.45) is 5.92 Å². The summed E-state index contributed by atoms with van der Waals surface area (Å²) in [6.07, 6.45) is 2.70. The molecule has 0 spiro atoms. The van der Waals surface area contributed by atoms with E-state index in [-0.39, 0.29) is 17.7 Å². The molecule has 0 bridgehead atoms. The van der Waals surface area contributed by atoms with Crippen LogP contribution in [0.3, 0.4) is 0 Å². The van der Waals surface area contributed by atoms with E-state index >= 15 is 0 Å². The van der Waals surface area contributed by atoms with Crippen LogP contribution < -0.4 is 10.6 Å². The Bertz CT molecular complexity index is 428. The molecule has 104 valence electrons. The molecular weight excluding hydrogens is 240 g/mol. The van der Waals surface area contributed by atoms with Crippen LogP contribution in [0.5, 0.6) is 5.75 Å². The van der Waals surface area contributed by atoms with Gasteiger partial charge in [0.2, 0.25) is 5.91 Å². The fourth-order valence-corrected chi connectivity index (χ4v) is 2.49. The van der Waals surface area contributed by atoms with Gasteiger partial charge in [-0.05, 0) is 56.5 Å². The fourth-order valence-electron chi connectivity index (χ4n) is 2.49. The van der Waals surface area contributed by atoms with Gasteiger partial charge in [0, 0.05) is 6.42 Å². The third kappa shape index (κ3) is 4.24. The fraction of sp³-hybridized carbons (Fsp3) is 0.533. The molecule has 1 heterocycles. The van der Waals surface area contributed by atoms with Crippen molar-refractivity contribution in [3.63, 3.8) is 0 Å². The number of carbonyl (C=O) groups excluding carboxylic acids is 1. The predicted octanol–water partition coefficient (Wildman–Crippen LogP) is 1.96. The van der Waals surface area contributed by atoms with Gasteiger partial charge >= 0.3 is 0 Å². The van der Waals surface area contributed by atoms with E-state index in [0.717, 1.165) is 25.1 Å². The van der Waals surface area contributed by atoms with Gasteiger partial charge in [-0.3, -0.25) is 4.79 Å². The van der Waals surface area contributed by atoms with Gasteiger partial charge in [0.05, 0.1) is 6.04 Å². The zero-order valence-electron chi connectivity index (χ0n) is 11.4. The second-order valence-corrected chi connectivity index (χ2v) is 5.28. The third-order valence-corrected chi connectivity index (χ3v) is 3.69. The van der Waals surface area contributed by atoms with Crippen molar-refractivity contribution >= 4 is 5.91 Å². The Morgan fingerprint density at radius 3 is 3.11 bits per heavy atom. The number of rotatable bonds is 5. The lowest BCUT2D eigenvalue weighted by atomic mass is 10.0. The maximum Gasteiger partial charge on any atom is 0.220 e. The molecule has 1 aromatic carbocycles. The minimum atomic E-state index is -0.0682. The number of nitrogens with one attached hydrogen (secondary N) is 2. The Hall–Kier alpha value is -1.55. The van der Waals surface area contributed by atoms with E-state index < -0.39 is 0 Å². The van der Waals surface area contributed by atoms with Gasteiger partial charge in [-0.1, -0.05) is 12.1 Å². The first-order valence-corrected chi connectivity index (χ1v) is 6.94. The van der Waals surface area contributed by atoms with Gasteiger partial charge < -0.3 is 15.7 Å². The average molecular weight is 262 g/mol. The summed E-state index contributed by atoms with van der Waals surface area (Å²) in [4.78, 5) is 11.9. The number of phenolic OH excluding ortho intramolecular Hbond substituents is 1. The van der Waals surface area contributed by atoms with Gasteiger partial charge in [-0.2, -0.15) is 0 Å². The lowest BCUT2D eigenvalue weighted by Crippen LogP contribution is -2.27. The summed E-state index contributed by atoms with van der Waals surface area (Å²) in [6.45, 7) is 4.05. The molecule has 1 amide bonds. The van der Waals surface area contributed by atoms with Crippen LogP contribution in [-0.4, -0.2) is 24.1 Å². The van der Waals surface area contributed by atoms with E-state index in [2.05, 4.69) is 10.6 Å². The number of hydrogen-bond acceptors (Lipinski definition) is 3. The molecule has 4 nitrogen and oxygen atoms in total. The Kier molecular flexibility index (Phi) is 4.80. The summed E-state index contributed by atoms with van der Waals surface area (Å²) < 4.78 is 0. The number of benzene rings is 1. The van der Waals surface area contributed by atoms with Gasteiger partial charge in [-0.15, -0.1) is 0 Å². The van der Waals surface area contributed by atoms with Crippen LogP contribution in [0.25, 0.3) is 0 Å². The highest BCUT2D eigenvalue weighted by Gasteiger charge is 2.16. The number of aromatic hydroxyl groups is 1. The first-order valence-electron chi connectivity index (χ1n) is 6.94. The Labute approximate surface area is 114 Å². The molecule has 0 aliphatic carbocycles. The number of carbonyl (C=O) groups is 1. The molecular formula is C15H22N2O2. The monoisotopic (exact) mass is 262 g/mol. The molecule has 0 radical (unpaired) electrons. The summed E-state index contributed by atoms with van der Waals surface area (Å²) in [5.74, 6) is 0.959. The van der Waals surface area contributed by atoms with Gasteiger partial charge in [0.15, 0.2) is 0 Å². The van der Waals surface area contributed by atoms with E-state index in [4.69, 9.17) is 0 Å². The van der Waals surface area contributed by atoms with E-state index in [0.29, 0.717) is 12.3 Å². The van der Waals surface area contributed by atoms with Crippen LogP contribution in [0, 0.1) is 5.92 Å². The molecule has 19 heavy (non-hydrogen) atoms. The second kappa shape index (κ2) is 6.57. The van der Waals surface area contributed by atoms with Crippen molar-refractivity contribution in [2.75, 3.05) is 13.1 Å². The summed E-state index contributed by atoms with van der Waals surface area (Å²) >= 11 is 0. The Morgan fingerprint density at radius 1 is 1.58 bits per heavy atom. The molecule has 4 heteroatoms. The predicted molar refractivity (Wildman–Crippen MR) is 74.9 cm³/mol. The number of phenols is 1. The standard InChI is InChI=1S/C15H22N2O2/c1-11(13-3-2-4-14(18)9-13)17-15(19)6-5-12-7-8-16-10-12/h2-4,9,11-12,16,18H,5-8,10H2,1H3,(H,17,19). The number of hydrogen-bond donors (Lipinski definition) is 3. The quantitative estimate of drug-likeness (QED) is 0.760. The van der Waals surface area contributed by atoms with E-state index in [1.54, 1.807) is 18.2 Å². The van der Waals surface area contributed by atoms with Crippen molar-refractivity contribution in [1.29, 1.82) is 0 Å². The SMILES string of the molecule is CC(NC(=O)CCC1CCNC1)c1cccc(O)c1. The van der Waals surface area contributed by atoms with E-state index in [1.807, 2.05) is 13.0 Å². The summed E-state index contributed by atoms with van der Waals surface area (Å²) in [5, 5.41) is 15.7. The van der Waals surface area contributed by atoms with Crippen molar-refractivity contribution in [2.45, 2.75) is 32.2 Å². The van der Waals surface area contributed by atoms with Crippen LogP contribution in [-0.2, 0) is 4.79 Å². The normalized spacial score (nSPS) is 20.2. The molecule has 1 saturated heterocycles. The van der Waals surface area contributed by atoms with Gasteiger partial charge in [-0.25, -0.2) is 0 Å². The maximum atomic E-state index is 11.9. The largest absolute Gasteiger partial charge is 0.508 e. The van der Waals surface area contributed by atoms with Crippen LogP contribution in [0.2, 0.25) is 0 Å². The second-order valence-electron chi connectivity index (χ2n) is 5.28. The zero-order chi connectivity index (χ0) is 13.7. The van der Waals surface area contributed by atoms with Crippen LogP contribution >= 0.6 is 0 Å². The summed E-state index contributed by atoms with van der Waals surface area (Å²) in [5.41, 5.74) is 0.927. The minimum Gasteiger partial charge on any atom is -0.508 e. The maximum absolute atomic E-state index is 11.9. The molecule has 3 N–H and O–H groups in total. The highest BCUT2D eigenvalue weighted by atomic mass is 16.3. The lowest BCUT2D eigenvalue weighted by Gasteiger charge is -2.15. The Morgan fingerprint density at radius 2 is 2.42 bits per heavy atom. The zero-order valence-corrected chi connectivity index (χ0v) is 11.4. The van der Waals surface area contributed by atoms with Crippen molar-refractivity contribution in [3.8, 4) is 5.75 Å². The van der Waals surface area contributed by atoms with Gasteiger partial charge in [0.25, 0.3) is 0 Å². The third-order valence-electron chi connectivity index (χ3n) is 3.69. The molecule has 0 aromatic heterocycles. The van der Waals surface area contributed by atoms with E-state index in [9.17, 15) is 9.90 Å². The molecule has 2 atom stereocenters. The molecule has 1 aromatic rings. The molecule has 2 rings (SSSR count). The van der Waals surface area contributed by atoms with Crippen LogP contribution in [0.4, 0.5) is 0 Å². The first kappa shape index (κ1) is 13.9.